The summed E-state index contributed by atoms with van der Waals surface area (Å²) in [5, 5.41) is 12.4. The van der Waals surface area contributed by atoms with Crippen LogP contribution in [-0.2, 0) is 4.79 Å². The molecule has 1 saturated carbocycles. The Morgan fingerprint density at radius 3 is 2.67 bits per heavy atom. The first-order valence-electron chi connectivity index (χ1n) is 6.10. The minimum atomic E-state index is -0.799. The van der Waals surface area contributed by atoms with Crippen molar-refractivity contribution < 1.29 is 9.90 Å². The van der Waals surface area contributed by atoms with Crippen molar-refractivity contribution in [1.82, 2.24) is 0 Å². The minimum Gasteiger partial charge on any atom is -0.506 e. The Bertz CT molecular complexity index is 456. The second-order valence-corrected chi connectivity index (χ2v) is 5.75. The van der Waals surface area contributed by atoms with Gasteiger partial charge >= 0.3 is 0 Å². The van der Waals surface area contributed by atoms with Crippen molar-refractivity contribution in [2.45, 2.75) is 37.6 Å². The summed E-state index contributed by atoms with van der Waals surface area (Å²) in [6.07, 6.45) is 4.50. The molecule has 0 heterocycles. The second kappa shape index (κ2) is 5.28. The summed E-state index contributed by atoms with van der Waals surface area (Å²) in [6, 6.07) is 4.91. The number of nitrogens with one attached hydrogen (secondary N) is 1. The van der Waals surface area contributed by atoms with Crippen LogP contribution in [0.15, 0.2) is 22.7 Å². The molecule has 0 spiro atoms. The Kier molecular flexibility index (Phi) is 3.92. The lowest BCUT2D eigenvalue weighted by Gasteiger charge is -2.31. The first-order chi connectivity index (χ1) is 8.51. The molecule has 5 heteroatoms. The van der Waals surface area contributed by atoms with Gasteiger partial charge in [0.2, 0.25) is 5.91 Å². The fraction of sp³-hybridized carbons (Fsp3) is 0.462. The lowest BCUT2D eigenvalue weighted by molar-refractivity contribution is -0.122. The first-order valence-corrected chi connectivity index (χ1v) is 6.89. The maximum Gasteiger partial charge on any atom is 0.244 e. The number of amides is 1. The van der Waals surface area contributed by atoms with Crippen molar-refractivity contribution in [2.75, 3.05) is 5.32 Å². The fourth-order valence-electron chi connectivity index (χ4n) is 2.26. The summed E-state index contributed by atoms with van der Waals surface area (Å²) in [6.45, 7) is 0. The molecule has 0 unspecified atom stereocenters. The van der Waals surface area contributed by atoms with Gasteiger partial charge in [-0.2, -0.15) is 0 Å². The molecule has 1 aliphatic carbocycles. The van der Waals surface area contributed by atoms with Crippen LogP contribution in [0.1, 0.15) is 32.1 Å². The van der Waals surface area contributed by atoms with E-state index in [0.29, 0.717) is 18.5 Å². The Labute approximate surface area is 115 Å². The van der Waals surface area contributed by atoms with Crippen LogP contribution in [0.2, 0.25) is 0 Å². The molecule has 1 aromatic carbocycles. The summed E-state index contributed by atoms with van der Waals surface area (Å²) in [5.74, 6) is -0.165. The number of carbonyl (C=O) groups excluding carboxylic acids is 1. The predicted molar refractivity (Wildman–Crippen MR) is 74.4 cm³/mol. The van der Waals surface area contributed by atoms with Crippen molar-refractivity contribution in [2.24, 2.45) is 5.73 Å². The molecule has 0 bridgehead atoms. The molecule has 1 aliphatic rings. The summed E-state index contributed by atoms with van der Waals surface area (Å²) < 4.78 is 0.797. The molecular weight excluding hydrogens is 296 g/mol. The average molecular weight is 313 g/mol. The standard InChI is InChI=1S/C13H17BrN2O2/c14-9-4-5-11(17)10(8-9)16-12(18)13(15)6-2-1-3-7-13/h4-5,8,17H,1-3,6-7,15H2,(H,16,18). The molecule has 4 N–H and O–H groups in total. The number of hydrogen-bond acceptors (Lipinski definition) is 3. The highest BCUT2D eigenvalue weighted by Crippen LogP contribution is 2.30. The zero-order valence-electron chi connectivity index (χ0n) is 10.1. The minimum absolute atomic E-state index is 0.0472. The molecule has 1 fully saturated rings. The number of aromatic hydroxyl groups is 1. The van der Waals surface area contributed by atoms with Gasteiger partial charge in [0.15, 0.2) is 0 Å². The maximum absolute atomic E-state index is 12.2. The number of nitrogens with two attached hydrogens (primary N) is 1. The van der Waals surface area contributed by atoms with E-state index in [1.165, 1.54) is 6.07 Å². The molecule has 4 nitrogen and oxygen atoms in total. The highest BCUT2D eigenvalue weighted by molar-refractivity contribution is 9.10. The van der Waals surface area contributed by atoms with Crippen LogP contribution in [0.25, 0.3) is 0 Å². The van der Waals surface area contributed by atoms with Crippen LogP contribution < -0.4 is 11.1 Å². The molecule has 0 radical (unpaired) electrons. The number of phenolic OH excluding ortho intramolecular Hbond substituents is 1. The molecule has 1 aromatic rings. The number of anilines is 1. The lowest BCUT2D eigenvalue weighted by Crippen LogP contribution is -2.52. The molecule has 0 aromatic heterocycles. The lowest BCUT2D eigenvalue weighted by atomic mass is 9.82. The van der Waals surface area contributed by atoms with E-state index in [0.717, 1.165) is 23.7 Å². The molecular formula is C13H17BrN2O2. The molecule has 18 heavy (non-hydrogen) atoms. The zero-order chi connectivity index (χ0) is 13.2. The van der Waals surface area contributed by atoms with E-state index in [1.807, 2.05) is 0 Å². The molecule has 98 valence electrons. The highest BCUT2D eigenvalue weighted by atomic mass is 79.9. The number of halogens is 1. The van der Waals surface area contributed by atoms with Gasteiger partial charge in [0.1, 0.15) is 5.75 Å². The Morgan fingerprint density at radius 2 is 2.00 bits per heavy atom. The average Bonchev–Trinajstić information content (AvgIpc) is 2.35. The van der Waals surface area contributed by atoms with Crippen molar-refractivity contribution in [1.29, 1.82) is 0 Å². The maximum atomic E-state index is 12.2. The zero-order valence-corrected chi connectivity index (χ0v) is 11.7. The van der Waals surface area contributed by atoms with Gasteiger partial charge in [-0.05, 0) is 31.0 Å². The van der Waals surface area contributed by atoms with Gasteiger partial charge in [0.05, 0.1) is 11.2 Å². The molecule has 0 saturated heterocycles. The van der Waals surface area contributed by atoms with Crippen LogP contribution in [0.3, 0.4) is 0 Å². The number of phenols is 1. The quantitative estimate of drug-likeness (QED) is 0.735. The Morgan fingerprint density at radius 1 is 1.33 bits per heavy atom. The monoisotopic (exact) mass is 312 g/mol. The normalized spacial score (nSPS) is 18.3. The number of carbonyl (C=O) groups is 1. The van der Waals surface area contributed by atoms with Gasteiger partial charge in [-0.15, -0.1) is 0 Å². The number of rotatable bonds is 2. The van der Waals surface area contributed by atoms with Gasteiger partial charge in [-0.1, -0.05) is 35.2 Å². The van der Waals surface area contributed by atoms with Gasteiger partial charge in [0.25, 0.3) is 0 Å². The van der Waals surface area contributed by atoms with Gasteiger partial charge in [-0.3, -0.25) is 4.79 Å². The van der Waals surface area contributed by atoms with Crippen LogP contribution in [0, 0.1) is 0 Å². The van der Waals surface area contributed by atoms with Crippen molar-refractivity contribution >= 4 is 27.5 Å². The van der Waals surface area contributed by atoms with Gasteiger partial charge in [0, 0.05) is 4.47 Å². The largest absolute Gasteiger partial charge is 0.506 e. The highest BCUT2D eigenvalue weighted by Gasteiger charge is 2.35. The topological polar surface area (TPSA) is 75.4 Å². The van der Waals surface area contributed by atoms with E-state index in [4.69, 9.17) is 5.73 Å². The van der Waals surface area contributed by atoms with E-state index in [1.54, 1.807) is 12.1 Å². The summed E-state index contributed by atoms with van der Waals surface area (Å²) >= 11 is 3.30. The predicted octanol–water partition coefficient (Wildman–Crippen LogP) is 2.75. The Balaban J connectivity index is 2.13. The van der Waals surface area contributed by atoms with Crippen molar-refractivity contribution in [3.05, 3.63) is 22.7 Å². The fourth-order valence-corrected chi connectivity index (χ4v) is 2.63. The Hall–Kier alpha value is -1.07. The van der Waals surface area contributed by atoms with Gasteiger partial charge < -0.3 is 16.2 Å². The summed E-state index contributed by atoms with van der Waals surface area (Å²) in [5.41, 5.74) is 5.73. The SMILES string of the molecule is NC1(C(=O)Nc2cc(Br)ccc2O)CCCCC1. The third kappa shape index (κ3) is 2.84. The summed E-state index contributed by atoms with van der Waals surface area (Å²) in [7, 11) is 0. The van der Waals surface area contributed by atoms with E-state index in [2.05, 4.69) is 21.2 Å². The third-order valence-electron chi connectivity index (χ3n) is 3.40. The van der Waals surface area contributed by atoms with E-state index < -0.39 is 5.54 Å². The first kappa shape index (κ1) is 13.4. The van der Waals surface area contributed by atoms with Crippen LogP contribution in [0.4, 0.5) is 5.69 Å². The van der Waals surface area contributed by atoms with Crippen LogP contribution in [0.5, 0.6) is 5.75 Å². The summed E-state index contributed by atoms with van der Waals surface area (Å²) in [4.78, 5) is 12.2. The number of hydrogen-bond donors (Lipinski definition) is 3. The molecule has 0 atom stereocenters. The molecule has 1 amide bonds. The molecule has 0 aliphatic heterocycles. The van der Waals surface area contributed by atoms with E-state index in [-0.39, 0.29) is 11.7 Å². The van der Waals surface area contributed by atoms with Crippen LogP contribution in [-0.4, -0.2) is 16.6 Å². The van der Waals surface area contributed by atoms with E-state index in [9.17, 15) is 9.90 Å². The second-order valence-electron chi connectivity index (χ2n) is 4.83. The van der Waals surface area contributed by atoms with Crippen molar-refractivity contribution in [3.63, 3.8) is 0 Å². The smallest absolute Gasteiger partial charge is 0.244 e. The van der Waals surface area contributed by atoms with Crippen molar-refractivity contribution in [3.8, 4) is 5.75 Å². The third-order valence-corrected chi connectivity index (χ3v) is 3.90. The van der Waals surface area contributed by atoms with E-state index >= 15 is 0 Å². The van der Waals surface area contributed by atoms with Gasteiger partial charge in [-0.25, -0.2) is 0 Å². The molecule has 2 rings (SSSR count). The number of benzene rings is 1. The van der Waals surface area contributed by atoms with Crippen LogP contribution >= 0.6 is 15.9 Å².